The van der Waals surface area contributed by atoms with Gasteiger partial charge < -0.3 is 15.4 Å². The summed E-state index contributed by atoms with van der Waals surface area (Å²) in [5.74, 6) is -0.792. The van der Waals surface area contributed by atoms with Crippen molar-refractivity contribution in [2.75, 3.05) is 11.9 Å². The van der Waals surface area contributed by atoms with Crippen LogP contribution in [0.4, 0.5) is 14.9 Å². The van der Waals surface area contributed by atoms with E-state index in [1.165, 1.54) is 18.2 Å². The number of halogens is 2. The van der Waals surface area contributed by atoms with E-state index in [-0.39, 0.29) is 24.0 Å². The van der Waals surface area contributed by atoms with Gasteiger partial charge in [0.2, 0.25) is 5.91 Å². The number of carbonyl (C=O) groups excluding carboxylic acids is 2. The number of anilines is 1. The van der Waals surface area contributed by atoms with Crippen molar-refractivity contribution in [1.82, 2.24) is 5.32 Å². The van der Waals surface area contributed by atoms with Crippen LogP contribution in [0.5, 0.6) is 0 Å². The number of rotatable bonds is 7. The quantitative estimate of drug-likeness (QED) is 0.726. The number of hydrogen-bond donors (Lipinski definition) is 2. The molecule has 0 aromatic heterocycles. The predicted molar refractivity (Wildman–Crippen MR) is 93.9 cm³/mol. The molecule has 5 nitrogen and oxygen atoms in total. The van der Waals surface area contributed by atoms with Gasteiger partial charge in [-0.3, -0.25) is 4.79 Å². The first-order valence-corrected chi connectivity index (χ1v) is 8.12. The van der Waals surface area contributed by atoms with Gasteiger partial charge in [0.1, 0.15) is 12.4 Å². The highest BCUT2D eigenvalue weighted by molar-refractivity contribution is 6.31. The first-order valence-electron chi connectivity index (χ1n) is 7.74. The minimum atomic E-state index is -0.544. The Hall–Kier alpha value is -2.60. The van der Waals surface area contributed by atoms with Crippen molar-refractivity contribution >= 4 is 29.3 Å². The zero-order valence-corrected chi connectivity index (χ0v) is 14.2. The van der Waals surface area contributed by atoms with Gasteiger partial charge in [-0.2, -0.15) is 0 Å². The normalized spacial score (nSPS) is 10.2. The lowest BCUT2D eigenvalue weighted by Crippen LogP contribution is -2.26. The minimum Gasteiger partial charge on any atom is -0.445 e. The predicted octanol–water partition coefficient (Wildman–Crippen LogP) is 4.12. The average Bonchev–Trinajstić information content (AvgIpc) is 2.61. The maximum atomic E-state index is 13.0. The SMILES string of the molecule is O=C(CCCNC(=O)OCc1ccccc1)Nc1ccc(F)c(Cl)c1. The summed E-state index contributed by atoms with van der Waals surface area (Å²) in [5, 5.41) is 5.13. The molecule has 0 aliphatic carbocycles. The molecule has 2 aromatic rings. The van der Waals surface area contributed by atoms with Crippen LogP contribution in [-0.2, 0) is 16.1 Å². The Balaban J connectivity index is 1.61. The van der Waals surface area contributed by atoms with Gasteiger partial charge in [0.05, 0.1) is 5.02 Å². The van der Waals surface area contributed by atoms with Crippen molar-refractivity contribution < 1.29 is 18.7 Å². The van der Waals surface area contributed by atoms with Crippen LogP contribution in [-0.4, -0.2) is 18.5 Å². The van der Waals surface area contributed by atoms with Gasteiger partial charge in [-0.05, 0) is 30.2 Å². The van der Waals surface area contributed by atoms with Crippen molar-refractivity contribution in [2.45, 2.75) is 19.4 Å². The van der Waals surface area contributed by atoms with Crippen LogP contribution in [0.25, 0.3) is 0 Å². The zero-order chi connectivity index (χ0) is 18.1. The molecule has 2 amide bonds. The fourth-order valence-corrected chi connectivity index (χ4v) is 2.19. The number of ether oxygens (including phenoxy) is 1. The molecule has 0 aliphatic rings. The van der Waals surface area contributed by atoms with Crippen LogP contribution < -0.4 is 10.6 Å². The van der Waals surface area contributed by atoms with E-state index in [0.717, 1.165) is 5.56 Å². The zero-order valence-electron chi connectivity index (χ0n) is 13.4. The summed E-state index contributed by atoms with van der Waals surface area (Å²) in [4.78, 5) is 23.3. The highest BCUT2D eigenvalue weighted by atomic mass is 35.5. The van der Waals surface area contributed by atoms with Gasteiger partial charge in [0.15, 0.2) is 0 Å². The molecular formula is C18H18ClFN2O3. The van der Waals surface area contributed by atoms with Crippen LogP contribution in [0.15, 0.2) is 48.5 Å². The van der Waals surface area contributed by atoms with E-state index in [1.807, 2.05) is 30.3 Å². The summed E-state index contributed by atoms with van der Waals surface area (Å²) in [6, 6.07) is 13.3. The van der Waals surface area contributed by atoms with E-state index in [2.05, 4.69) is 10.6 Å². The smallest absolute Gasteiger partial charge is 0.407 e. The summed E-state index contributed by atoms with van der Waals surface area (Å²) >= 11 is 5.65. The molecular weight excluding hydrogens is 347 g/mol. The number of hydrogen-bond acceptors (Lipinski definition) is 3. The van der Waals surface area contributed by atoms with Gasteiger partial charge in [-0.25, -0.2) is 9.18 Å². The molecule has 2 N–H and O–H groups in total. The summed E-state index contributed by atoms with van der Waals surface area (Å²) in [7, 11) is 0. The van der Waals surface area contributed by atoms with E-state index >= 15 is 0 Å². The molecule has 0 bridgehead atoms. The van der Waals surface area contributed by atoms with Crippen molar-refractivity contribution in [2.24, 2.45) is 0 Å². The third-order valence-corrected chi connectivity index (χ3v) is 3.56. The third-order valence-electron chi connectivity index (χ3n) is 3.27. The van der Waals surface area contributed by atoms with E-state index < -0.39 is 11.9 Å². The topological polar surface area (TPSA) is 67.4 Å². The molecule has 0 unspecified atom stereocenters. The van der Waals surface area contributed by atoms with Gasteiger partial charge in [0, 0.05) is 18.7 Å². The van der Waals surface area contributed by atoms with Crippen molar-refractivity contribution in [1.29, 1.82) is 0 Å². The molecule has 0 fully saturated rings. The lowest BCUT2D eigenvalue weighted by Gasteiger charge is -2.08. The standard InChI is InChI=1S/C18H18ClFN2O3/c19-15-11-14(8-9-16(15)20)22-17(23)7-4-10-21-18(24)25-12-13-5-2-1-3-6-13/h1-3,5-6,8-9,11H,4,7,10,12H2,(H,21,24)(H,22,23). The first kappa shape index (κ1) is 18.7. The maximum Gasteiger partial charge on any atom is 0.407 e. The minimum absolute atomic E-state index is 0.0550. The molecule has 2 rings (SSSR count). The molecule has 0 heterocycles. The Morgan fingerprint density at radius 3 is 2.60 bits per heavy atom. The first-order chi connectivity index (χ1) is 12.0. The van der Waals surface area contributed by atoms with E-state index in [0.29, 0.717) is 18.7 Å². The second kappa shape index (κ2) is 9.64. The third kappa shape index (κ3) is 6.81. The number of carbonyl (C=O) groups is 2. The molecule has 0 saturated carbocycles. The highest BCUT2D eigenvalue weighted by Crippen LogP contribution is 2.19. The summed E-state index contributed by atoms with van der Waals surface area (Å²) in [6.45, 7) is 0.504. The summed E-state index contributed by atoms with van der Waals surface area (Å²) in [6.07, 6.45) is 0.115. The molecule has 7 heteroatoms. The van der Waals surface area contributed by atoms with E-state index in [1.54, 1.807) is 0 Å². The summed E-state index contributed by atoms with van der Waals surface area (Å²) < 4.78 is 18.1. The van der Waals surface area contributed by atoms with Crippen molar-refractivity contribution in [3.05, 3.63) is 64.9 Å². The van der Waals surface area contributed by atoms with Gasteiger partial charge in [-0.15, -0.1) is 0 Å². The molecule has 0 radical (unpaired) electrons. The fourth-order valence-electron chi connectivity index (χ4n) is 2.01. The Labute approximate surface area is 150 Å². The van der Waals surface area contributed by atoms with Crippen molar-refractivity contribution in [3.8, 4) is 0 Å². The number of amides is 2. The highest BCUT2D eigenvalue weighted by Gasteiger charge is 2.06. The Kier molecular flexibility index (Phi) is 7.22. The Morgan fingerprint density at radius 1 is 1.12 bits per heavy atom. The molecule has 132 valence electrons. The van der Waals surface area contributed by atoms with E-state index in [9.17, 15) is 14.0 Å². The molecule has 25 heavy (non-hydrogen) atoms. The van der Waals surface area contributed by atoms with E-state index in [4.69, 9.17) is 16.3 Å². The maximum absolute atomic E-state index is 13.0. The molecule has 2 aromatic carbocycles. The number of benzene rings is 2. The van der Waals surface area contributed by atoms with Gasteiger partial charge in [-0.1, -0.05) is 41.9 Å². The Bertz CT molecular complexity index is 726. The Morgan fingerprint density at radius 2 is 1.88 bits per heavy atom. The van der Waals surface area contributed by atoms with Gasteiger partial charge >= 0.3 is 6.09 Å². The van der Waals surface area contributed by atoms with Crippen LogP contribution in [0.2, 0.25) is 5.02 Å². The molecule has 0 aliphatic heterocycles. The average molecular weight is 365 g/mol. The van der Waals surface area contributed by atoms with Crippen LogP contribution >= 0.6 is 11.6 Å². The summed E-state index contributed by atoms with van der Waals surface area (Å²) in [5.41, 5.74) is 1.32. The second-order valence-corrected chi connectivity index (χ2v) is 5.68. The van der Waals surface area contributed by atoms with Crippen LogP contribution in [0, 0.1) is 5.82 Å². The molecule has 0 saturated heterocycles. The fraction of sp³-hybridized carbons (Fsp3) is 0.222. The number of nitrogens with one attached hydrogen (secondary N) is 2. The van der Waals surface area contributed by atoms with Gasteiger partial charge in [0.25, 0.3) is 0 Å². The lowest BCUT2D eigenvalue weighted by atomic mass is 10.2. The lowest BCUT2D eigenvalue weighted by molar-refractivity contribution is -0.116. The second-order valence-electron chi connectivity index (χ2n) is 5.27. The molecule has 0 spiro atoms. The van der Waals surface area contributed by atoms with Crippen LogP contribution in [0.1, 0.15) is 18.4 Å². The molecule has 0 atom stereocenters. The monoisotopic (exact) mass is 364 g/mol. The van der Waals surface area contributed by atoms with Crippen LogP contribution in [0.3, 0.4) is 0 Å². The largest absolute Gasteiger partial charge is 0.445 e. The van der Waals surface area contributed by atoms with Crippen molar-refractivity contribution in [3.63, 3.8) is 0 Å². The number of alkyl carbamates (subject to hydrolysis) is 1.